The summed E-state index contributed by atoms with van der Waals surface area (Å²) in [7, 11) is 1.52. The van der Waals surface area contributed by atoms with E-state index in [2.05, 4.69) is 10.6 Å². The molecular formula is C15H17N3O4. The first-order valence-corrected chi connectivity index (χ1v) is 6.91. The summed E-state index contributed by atoms with van der Waals surface area (Å²) in [6.07, 6.45) is 1.66. The Bertz CT molecular complexity index is 615. The molecule has 0 fully saturated rings. The number of benzene rings is 1. The summed E-state index contributed by atoms with van der Waals surface area (Å²) in [6.45, 7) is 0.238. The van der Waals surface area contributed by atoms with E-state index in [1.54, 1.807) is 18.2 Å². The first kappa shape index (κ1) is 15.7. The summed E-state index contributed by atoms with van der Waals surface area (Å²) in [5.41, 5.74) is 1.71. The van der Waals surface area contributed by atoms with Crippen molar-refractivity contribution in [2.45, 2.75) is 25.4 Å². The van der Waals surface area contributed by atoms with Gasteiger partial charge in [0.05, 0.1) is 6.04 Å². The fraction of sp³-hybridized carbons (Fsp3) is 0.333. The SMILES string of the molecule is CNC(=O)CCC(C=O)N1Cc2c(NC=O)cccc2C1=O. The maximum Gasteiger partial charge on any atom is 0.255 e. The van der Waals surface area contributed by atoms with Crippen molar-refractivity contribution >= 4 is 30.2 Å². The molecule has 1 aromatic carbocycles. The van der Waals surface area contributed by atoms with Gasteiger partial charge in [0.15, 0.2) is 0 Å². The number of amides is 3. The number of fused-ring (bicyclic) bond motifs is 1. The molecule has 3 amide bonds. The zero-order valence-corrected chi connectivity index (χ0v) is 12.2. The molecule has 0 spiro atoms. The Hall–Kier alpha value is -2.70. The Morgan fingerprint density at radius 2 is 2.18 bits per heavy atom. The average molecular weight is 303 g/mol. The van der Waals surface area contributed by atoms with E-state index in [4.69, 9.17) is 0 Å². The highest BCUT2D eigenvalue weighted by atomic mass is 16.2. The molecule has 7 nitrogen and oxygen atoms in total. The van der Waals surface area contributed by atoms with Gasteiger partial charge in [-0.05, 0) is 18.6 Å². The minimum atomic E-state index is -0.665. The van der Waals surface area contributed by atoms with Crippen LogP contribution in [-0.4, -0.2) is 42.5 Å². The van der Waals surface area contributed by atoms with Crippen LogP contribution in [0.15, 0.2) is 18.2 Å². The molecule has 1 heterocycles. The van der Waals surface area contributed by atoms with Crippen LogP contribution in [0.4, 0.5) is 5.69 Å². The van der Waals surface area contributed by atoms with Gasteiger partial charge in [0, 0.05) is 36.8 Å². The Labute approximate surface area is 127 Å². The van der Waals surface area contributed by atoms with Crippen LogP contribution in [0.1, 0.15) is 28.8 Å². The molecule has 0 bridgehead atoms. The number of hydrogen-bond acceptors (Lipinski definition) is 4. The minimum Gasteiger partial charge on any atom is -0.359 e. The molecule has 22 heavy (non-hydrogen) atoms. The second-order valence-electron chi connectivity index (χ2n) is 4.94. The molecule has 1 unspecified atom stereocenters. The van der Waals surface area contributed by atoms with E-state index in [0.29, 0.717) is 29.5 Å². The average Bonchev–Trinajstić information content (AvgIpc) is 2.86. The number of carbonyl (C=O) groups excluding carboxylic acids is 4. The highest BCUT2D eigenvalue weighted by Gasteiger charge is 2.34. The highest BCUT2D eigenvalue weighted by molar-refractivity contribution is 6.01. The van der Waals surface area contributed by atoms with Crippen LogP contribution in [0, 0.1) is 0 Å². The lowest BCUT2D eigenvalue weighted by Crippen LogP contribution is -2.37. The maximum atomic E-state index is 12.4. The van der Waals surface area contributed by atoms with E-state index in [-0.39, 0.29) is 31.2 Å². The van der Waals surface area contributed by atoms with E-state index >= 15 is 0 Å². The number of aldehydes is 1. The highest BCUT2D eigenvalue weighted by Crippen LogP contribution is 2.30. The van der Waals surface area contributed by atoms with Crippen molar-refractivity contribution in [1.82, 2.24) is 10.2 Å². The monoisotopic (exact) mass is 303 g/mol. The fourth-order valence-electron chi connectivity index (χ4n) is 2.52. The number of nitrogens with zero attached hydrogens (tertiary/aromatic N) is 1. The Morgan fingerprint density at radius 1 is 1.41 bits per heavy atom. The van der Waals surface area contributed by atoms with Gasteiger partial charge < -0.3 is 20.3 Å². The summed E-state index contributed by atoms with van der Waals surface area (Å²) >= 11 is 0. The van der Waals surface area contributed by atoms with Crippen LogP contribution >= 0.6 is 0 Å². The second kappa shape index (κ2) is 6.84. The van der Waals surface area contributed by atoms with Crippen molar-refractivity contribution in [1.29, 1.82) is 0 Å². The number of nitrogens with one attached hydrogen (secondary N) is 2. The van der Waals surface area contributed by atoms with Crippen LogP contribution in [0.2, 0.25) is 0 Å². The summed E-state index contributed by atoms with van der Waals surface area (Å²) < 4.78 is 0. The molecule has 0 aromatic heterocycles. The quantitative estimate of drug-likeness (QED) is 0.708. The third kappa shape index (κ3) is 2.98. The predicted octanol–water partition coefficient (Wildman–Crippen LogP) is 0.304. The third-order valence-electron chi connectivity index (χ3n) is 3.71. The topological polar surface area (TPSA) is 95.6 Å². The number of hydrogen-bond donors (Lipinski definition) is 2. The minimum absolute atomic E-state index is 0.166. The van der Waals surface area contributed by atoms with Crippen LogP contribution in [0.25, 0.3) is 0 Å². The third-order valence-corrected chi connectivity index (χ3v) is 3.71. The molecule has 2 rings (SSSR count). The Kier molecular flexibility index (Phi) is 4.88. The van der Waals surface area contributed by atoms with Gasteiger partial charge in [-0.1, -0.05) is 6.07 Å². The van der Waals surface area contributed by atoms with Gasteiger partial charge in [-0.2, -0.15) is 0 Å². The van der Waals surface area contributed by atoms with Gasteiger partial charge in [0.1, 0.15) is 6.29 Å². The van der Waals surface area contributed by atoms with E-state index in [1.807, 2.05) is 0 Å². The van der Waals surface area contributed by atoms with Gasteiger partial charge in [-0.15, -0.1) is 0 Å². The molecule has 0 radical (unpaired) electrons. The second-order valence-corrected chi connectivity index (χ2v) is 4.94. The Balaban J connectivity index is 2.18. The van der Waals surface area contributed by atoms with Crippen molar-refractivity contribution in [3.8, 4) is 0 Å². The normalized spacial score (nSPS) is 14.2. The van der Waals surface area contributed by atoms with Gasteiger partial charge >= 0.3 is 0 Å². The summed E-state index contributed by atoms with van der Waals surface area (Å²) in [5.74, 6) is -0.446. The molecule has 1 aromatic rings. The van der Waals surface area contributed by atoms with Gasteiger partial charge in [-0.3, -0.25) is 14.4 Å². The molecule has 0 saturated carbocycles. The zero-order chi connectivity index (χ0) is 16.1. The smallest absolute Gasteiger partial charge is 0.255 e. The van der Waals surface area contributed by atoms with Gasteiger partial charge in [0.25, 0.3) is 5.91 Å². The molecule has 0 aliphatic carbocycles. The Morgan fingerprint density at radius 3 is 2.82 bits per heavy atom. The van der Waals surface area contributed by atoms with E-state index < -0.39 is 6.04 Å². The zero-order valence-electron chi connectivity index (χ0n) is 12.2. The molecule has 116 valence electrons. The van der Waals surface area contributed by atoms with Gasteiger partial charge in [-0.25, -0.2) is 0 Å². The molecule has 1 aliphatic heterocycles. The van der Waals surface area contributed by atoms with Crippen LogP contribution < -0.4 is 10.6 Å². The summed E-state index contributed by atoms with van der Waals surface area (Å²) in [5, 5.41) is 5.04. The van der Waals surface area contributed by atoms with Crippen LogP contribution in [-0.2, 0) is 20.9 Å². The van der Waals surface area contributed by atoms with Crippen molar-refractivity contribution < 1.29 is 19.2 Å². The predicted molar refractivity (Wildman–Crippen MR) is 79.2 cm³/mol. The molecule has 1 aliphatic rings. The number of carbonyl (C=O) groups is 4. The van der Waals surface area contributed by atoms with Crippen molar-refractivity contribution in [2.75, 3.05) is 12.4 Å². The van der Waals surface area contributed by atoms with Crippen molar-refractivity contribution in [3.05, 3.63) is 29.3 Å². The first-order chi connectivity index (χ1) is 10.6. The fourth-order valence-corrected chi connectivity index (χ4v) is 2.52. The van der Waals surface area contributed by atoms with Crippen molar-refractivity contribution in [2.24, 2.45) is 0 Å². The first-order valence-electron chi connectivity index (χ1n) is 6.91. The van der Waals surface area contributed by atoms with E-state index in [0.717, 1.165) is 0 Å². The number of rotatable bonds is 7. The molecular weight excluding hydrogens is 286 g/mol. The standard InChI is InChI=1S/C15H17N3O4/c1-16-14(21)6-5-10(8-19)18-7-12-11(15(18)22)3-2-4-13(12)17-9-20/h2-4,8-10H,5-7H2,1H3,(H,16,21)(H,17,20). The molecule has 7 heteroatoms. The molecule has 0 saturated heterocycles. The molecule has 2 N–H and O–H groups in total. The lowest BCUT2D eigenvalue weighted by Gasteiger charge is -2.22. The largest absolute Gasteiger partial charge is 0.359 e. The summed E-state index contributed by atoms with van der Waals surface area (Å²) in [4.78, 5) is 47.1. The lowest BCUT2D eigenvalue weighted by atomic mass is 10.1. The van der Waals surface area contributed by atoms with E-state index in [1.165, 1.54) is 11.9 Å². The van der Waals surface area contributed by atoms with Crippen molar-refractivity contribution in [3.63, 3.8) is 0 Å². The lowest BCUT2D eigenvalue weighted by molar-refractivity contribution is -0.121. The van der Waals surface area contributed by atoms with Gasteiger partial charge in [0.2, 0.25) is 12.3 Å². The maximum absolute atomic E-state index is 12.4. The molecule has 1 atom stereocenters. The van der Waals surface area contributed by atoms with Crippen LogP contribution in [0.3, 0.4) is 0 Å². The van der Waals surface area contributed by atoms with Crippen LogP contribution in [0.5, 0.6) is 0 Å². The van der Waals surface area contributed by atoms with E-state index in [9.17, 15) is 19.2 Å². The summed E-state index contributed by atoms with van der Waals surface area (Å²) in [6, 6.07) is 4.37. The number of anilines is 1.